The van der Waals surface area contributed by atoms with Gasteiger partial charge in [-0.1, -0.05) is 0 Å². The summed E-state index contributed by atoms with van der Waals surface area (Å²) in [6.07, 6.45) is 1.79. The van der Waals surface area contributed by atoms with E-state index in [1.165, 1.54) is 6.07 Å². The average molecular weight is 256 g/mol. The summed E-state index contributed by atoms with van der Waals surface area (Å²) in [4.78, 5) is 0.117. The minimum atomic E-state index is -3.53. The maximum Gasteiger partial charge on any atom is 0.244 e. The van der Waals surface area contributed by atoms with Crippen LogP contribution in [0.3, 0.4) is 0 Å². The molecule has 0 spiro atoms. The first kappa shape index (κ1) is 12.2. The van der Waals surface area contributed by atoms with E-state index in [1.54, 1.807) is 19.1 Å². The topological polar surface area (TPSA) is 81.4 Å². The van der Waals surface area contributed by atoms with Crippen molar-refractivity contribution in [2.24, 2.45) is 0 Å². The molecule has 5 nitrogen and oxygen atoms in total. The molecule has 0 radical (unpaired) electrons. The van der Waals surface area contributed by atoms with Crippen molar-refractivity contribution in [3.8, 4) is 5.75 Å². The highest BCUT2D eigenvalue weighted by molar-refractivity contribution is 7.89. The van der Waals surface area contributed by atoms with Gasteiger partial charge < -0.3 is 10.5 Å². The van der Waals surface area contributed by atoms with Gasteiger partial charge >= 0.3 is 0 Å². The van der Waals surface area contributed by atoms with Crippen molar-refractivity contribution in [3.63, 3.8) is 0 Å². The van der Waals surface area contributed by atoms with Crippen molar-refractivity contribution in [1.29, 1.82) is 0 Å². The third-order valence-corrected chi connectivity index (χ3v) is 4.00. The predicted octanol–water partition coefficient (Wildman–Crippen LogP) is 1.11. The Hall–Kier alpha value is -1.27. The standard InChI is InChI=1S/C11H16N2O3S/c1-2-16-10-6-3-8(12)7-11(10)17(14,15)13-9-4-5-9/h3,6-7,9,13H,2,4-5,12H2,1H3. The number of hydrogen-bond donors (Lipinski definition) is 2. The summed E-state index contributed by atoms with van der Waals surface area (Å²) in [5.41, 5.74) is 6.03. The van der Waals surface area contributed by atoms with E-state index in [0.29, 0.717) is 18.0 Å². The number of nitrogens with two attached hydrogens (primary N) is 1. The summed E-state index contributed by atoms with van der Waals surface area (Å²) in [5.74, 6) is 0.342. The first-order valence-corrected chi connectivity index (χ1v) is 7.06. The molecule has 0 aliphatic heterocycles. The van der Waals surface area contributed by atoms with Crippen LogP contribution in [0, 0.1) is 0 Å². The summed E-state index contributed by atoms with van der Waals surface area (Å²) in [6, 6.07) is 4.70. The Morgan fingerprint density at radius 3 is 2.76 bits per heavy atom. The van der Waals surface area contributed by atoms with Gasteiger partial charge in [0.1, 0.15) is 10.6 Å². The molecule has 1 aromatic carbocycles. The molecular formula is C11H16N2O3S. The Bertz CT molecular complexity index is 509. The lowest BCUT2D eigenvalue weighted by molar-refractivity contribution is 0.331. The molecule has 6 heteroatoms. The van der Waals surface area contributed by atoms with Gasteiger partial charge in [0.25, 0.3) is 0 Å². The largest absolute Gasteiger partial charge is 0.492 e. The van der Waals surface area contributed by atoms with Crippen LogP contribution in [-0.4, -0.2) is 21.1 Å². The lowest BCUT2D eigenvalue weighted by Gasteiger charge is -2.12. The molecule has 0 atom stereocenters. The first-order chi connectivity index (χ1) is 8.03. The van der Waals surface area contributed by atoms with E-state index >= 15 is 0 Å². The number of benzene rings is 1. The van der Waals surface area contributed by atoms with Crippen LogP contribution in [0.1, 0.15) is 19.8 Å². The molecule has 2 rings (SSSR count). The van der Waals surface area contributed by atoms with Crippen molar-refractivity contribution in [3.05, 3.63) is 18.2 Å². The highest BCUT2D eigenvalue weighted by Gasteiger charge is 2.29. The van der Waals surface area contributed by atoms with Crippen molar-refractivity contribution in [1.82, 2.24) is 4.72 Å². The molecule has 94 valence electrons. The molecule has 0 amide bonds. The Kier molecular flexibility index (Phi) is 3.26. The minimum Gasteiger partial charge on any atom is -0.492 e. The molecule has 0 heterocycles. The molecule has 1 aromatic rings. The molecule has 0 bridgehead atoms. The lowest BCUT2D eigenvalue weighted by atomic mass is 10.3. The van der Waals surface area contributed by atoms with Crippen LogP contribution in [0.5, 0.6) is 5.75 Å². The Labute approximate surface area is 101 Å². The van der Waals surface area contributed by atoms with E-state index in [1.807, 2.05) is 0 Å². The molecule has 1 aliphatic rings. The SMILES string of the molecule is CCOc1ccc(N)cc1S(=O)(=O)NC1CC1. The van der Waals surface area contributed by atoms with E-state index in [9.17, 15) is 8.42 Å². The quantitative estimate of drug-likeness (QED) is 0.773. The van der Waals surface area contributed by atoms with Crippen LogP contribution in [0.4, 0.5) is 5.69 Å². The normalized spacial score (nSPS) is 15.8. The van der Waals surface area contributed by atoms with E-state index in [0.717, 1.165) is 12.8 Å². The number of sulfonamides is 1. The van der Waals surface area contributed by atoms with E-state index in [4.69, 9.17) is 10.5 Å². The Morgan fingerprint density at radius 1 is 1.47 bits per heavy atom. The second-order valence-electron chi connectivity index (χ2n) is 4.03. The van der Waals surface area contributed by atoms with Crippen LogP contribution in [0.25, 0.3) is 0 Å². The van der Waals surface area contributed by atoms with Crippen molar-refractivity contribution in [2.45, 2.75) is 30.7 Å². The highest BCUT2D eigenvalue weighted by atomic mass is 32.2. The average Bonchev–Trinajstić information content (AvgIpc) is 3.04. The van der Waals surface area contributed by atoms with Crippen LogP contribution >= 0.6 is 0 Å². The fraction of sp³-hybridized carbons (Fsp3) is 0.455. The molecule has 17 heavy (non-hydrogen) atoms. The second kappa shape index (κ2) is 4.54. The number of anilines is 1. The predicted molar refractivity (Wildman–Crippen MR) is 65.4 cm³/mol. The van der Waals surface area contributed by atoms with E-state index < -0.39 is 10.0 Å². The number of ether oxygens (including phenoxy) is 1. The zero-order valence-corrected chi connectivity index (χ0v) is 10.5. The number of hydrogen-bond acceptors (Lipinski definition) is 4. The number of nitrogens with one attached hydrogen (secondary N) is 1. The Balaban J connectivity index is 2.36. The smallest absolute Gasteiger partial charge is 0.244 e. The molecule has 1 aliphatic carbocycles. The van der Waals surface area contributed by atoms with Gasteiger partial charge in [0.2, 0.25) is 10.0 Å². The summed E-state index contributed by atoms with van der Waals surface area (Å²) < 4.78 is 32.1. The zero-order valence-electron chi connectivity index (χ0n) is 9.64. The van der Waals surface area contributed by atoms with Crippen LogP contribution in [-0.2, 0) is 10.0 Å². The third-order valence-electron chi connectivity index (χ3n) is 2.46. The minimum absolute atomic E-state index is 0.0657. The third kappa shape index (κ3) is 2.89. The fourth-order valence-corrected chi connectivity index (χ4v) is 2.98. The lowest BCUT2D eigenvalue weighted by Crippen LogP contribution is -2.26. The van der Waals surface area contributed by atoms with Crippen molar-refractivity contribution in [2.75, 3.05) is 12.3 Å². The molecule has 0 unspecified atom stereocenters. The molecule has 1 saturated carbocycles. The molecule has 0 aromatic heterocycles. The van der Waals surface area contributed by atoms with Gasteiger partial charge in [0, 0.05) is 11.7 Å². The summed E-state index contributed by atoms with van der Waals surface area (Å²) in [7, 11) is -3.53. The summed E-state index contributed by atoms with van der Waals surface area (Å²) in [5, 5.41) is 0. The van der Waals surface area contributed by atoms with Gasteiger partial charge in [-0.25, -0.2) is 13.1 Å². The monoisotopic (exact) mass is 256 g/mol. The van der Waals surface area contributed by atoms with Gasteiger partial charge in [-0.2, -0.15) is 0 Å². The molecular weight excluding hydrogens is 240 g/mol. The van der Waals surface area contributed by atoms with Gasteiger partial charge in [0.05, 0.1) is 6.61 Å². The van der Waals surface area contributed by atoms with Gasteiger partial charge in [-0.3, -0.25) is 0 Å². The van der Waals surface area contributed by atoms with Crippen LogP contribution in [0.15, 0.2) is 23.1 Å². The van der Waals surface area contributed by atoms with E-state index in [2.05, 4.69) is 4.72 Å². The van der Waals surface area contributed by atoms with Crippen LogP contribution in [0.2, 0.25) is 0 Å². The molecule has 1 fully saturated rings. The zero-order chi connectivity index (χ0) is 12.5. The highest BCUT2D eigenvalue weighted by Crippen LogP contribution is 2.29. The van der Waals surface area contributed by atoms with Crippen molar-refractivity contribution < 1.29 is 13.2 Å². The van der Waals surface area contributed by atoms with Crippen molar-refractivity contribution >= 4 is 15.7 Å². The first-order valence-electron chi connectivity index (χ1n) is 5.57. The summed E-state index contributed by atoms with van der Waals surface area (Å²) in [6.45, 7) is 2.22. The van der Waals surface area contributed by atoms with E-state index in [-0.39, 0.29) is 10.9 Å². The number of rotatable bonds is 5. The maximum atomic E-state index is 12.1. The second-order valence-corrected chi connectivity index (χ2v) is 5.72. The van der Waals surface area contributed by atoms with Gasteiger partial charge in [-0.15, -0.1) is 0 Å². The molecule has 0 saturated heterocycles. The van der Waals surface area contributed by atoms with Gasteiger partial charge in [0.15, 0.2) is 0 Å². The summed E-state index contributed by atoms with van der Waals surface area (Å²) >= 11 is 0. The number of nitrogen functional groups attached to an aromatic ring is 1. The Morgan fingerprint density at radius 2 is 2.18 bits per heavy atom. The fourth-order valence-electron chi connectivity index (χ4n) is 1.49. The molecule has 3 N–H and O–H groups in total. The van der Waals surface area contributed by atoms with Crippen LogP contribution < -0.4 is 15.2 Å². The van der Waals surface area contributed by atoms with Gasteiger partial charge in [-0.05, 0) is 38.0 Å². The maximum absolute atomic E-state index is 12.1.